The second-order valence-electron chi connectivity index (χ2n) is 5.61. The summed E-state index contributed by atoms with van der Waals surface area (Å²) in [7, 11) is 0. The molecule has 7 nitrogen and oxygen atoms in total. The van der Waals surface area contributed by atoms with E-state index in [1.165, 1.54) is 22.7 Å². The summed E-state index contributed by atoms with van der Waals surface area (Å²) in [4.78, 5) is 23.2. The zero-order valence-electron chi connectivity index (χ0n) is 14.8. The lowest BCUT2D eigenvalue weighted by Crippen LogP contribution is -2.11. The number of amides is 1. The van der Waals surface area contributed by atoms with Gasteiger partial charge in [0.2, 0.25) is 5.13 Å². The molecule has 0 radical (unpaired) electrons. The molecule has 0 atom stereocenters. The molecule has 0 unspecified atom stereocenters. The van der Waals surface area contributed by atoms with Crippen LogP contribution < -0.4 is 5.32 Å². The number of carbonyl (C=O) groups is 1. The fourth-order valence-corrected chi connectivity index (χ4v) is 5.44. The van der Waals surface area contributed by atoms with Crippen molar-refractivity contribution in [3.05, 3.63) is 34.5 Å². The third-order valence-electron chi connectivity index (χ3n) is 3.81. The van der Waals surface area contributed by atoms with Gasteiger partial charge >= 0.3 is 0 Å². The quantitative estimate of drug-likeness (QED) is 0.369. The average molecular weight is 418 g/mol. The van der Waals surface area contributed by atoms with Crippen LogP contribution in [0.25, 0.3) is 21.8 Å². The average Bonchev–Trinajstić information content (AvgIpc) is 3.36. The Kier molecular flexibility index (Phi) is 4.94. The van der Waals surface area contributed by atoms with E-state index < -0.39 is 0 Å². The molecular weight excluding hydrogens is 402 g/mol. The lowest BCUT2D eigenvalue weighted by Gasteiger charge is -2.01. The highest BCUT2D eigenvalue weighted by Crippen LogP contribution is 2.34. The Hall–Kier alpha value is -2.30. The monoisotopic (exact) mass is 417 g/mol. The van der Waals surface area contributed by atoms with Gasteiger partial charge < -0.3 is 4.42 Å². The molecule has 138 valence electrons. The zero-order chi connectivity index (χ0) is 19.0. The molecular formula is C17H15N5O2S3. The Morgan fingerprint density at radius 1 is 1.26 bits per heavy atom. The molecule has 4 rings (SSSR count). The van der Waals surface area contributed by atoms with Gasteiger partial charge in [0.25, 0.3) is 5.91 Å². The summed E-state index contributed by atoms with van der Waals surface area (Å²) in [5.41, 5.74) is 1.68. The van der Waals surface area contributed by atoms with Gasteiger partial charge in [-0.25, -0.2) is 9.97 Å². The molecule has 4 heterocycles. The molecule has 0 saturated carbocycles. The van der Waals surface area contributed by atoms with Crippen molar-refractivity contribution in [1.82, 2.24) is 20.2 Å². The number of thioether (sulfide) groups is 1. The number of rotatable bonds is 5. The van der Waals surface area contributed by atoms with Gasteiger partial charge in [-0.1, -0.05) is 30.0 Å². The molecule has 0 aliphatic carbocycles. The normalized spacial score (nSPS) is 11.2. The van der Waals surface area contributed by atoms with Crippen LogP contribution in [0.2, 0.25) is 0 Å². The molecule has 0 aromatic carbocycles. The van der Waals surface area contributed by atoms with E-state index in [1.807, 2.05) is 26.8 Å². The lowest BCUT2D eigenvalue weighted by molar-refractivity contribution is 0.103. The number of nitrogens with one attached hydrogen (secondary N) is 1. The van der Waals surface area contributed by atoms with Crippen molar-refractivity contribution in [3.63, 3.8) is 0 Å². The molecule has 0 spiro atoms. The third-order valence-corrected chi connectivity index (χ3v) is 6.85. The molecule has 0 saturated heterocycles. The molecule has 0 aliphatic heterocycles. The van der Waals surface area contributed by atoms with Crippen LogP contribution in [0, 0.1) is 13.8 Å². The minimum Gasteiger partial charge on any atom is -0.461 e. The van der Waals surface area contributed by atoms with Crippen LogP contribution in [0.1, 0.15) is 27.9 Å². The van der Waals surface area contributed by atoms with E-state index in [9.17, 15) is 4.79 Å². The lowest BCUT2D eigenvalue weighted by atomic mass is 10.1. The van der Waals surface area contributed by atoms with Gasteiger partial charge in [0.05, 0.1) is 16.8 Å². The first-order valence-corrected chi connectivity index (χ1v) is 10.8. The number of aryl methyl sites for hydroxylation is 2. The molecule has 4 aromatic heterocycles. The van der Waals surface area contributed by atoms with E-state index in [0.29, 0.717) is 21.6 Å². The van der Waals surface area contributed by atoms with Crippen LogP contribution in [0.5, 0.6) is 0 Å². The summed E-state index contributed by atoms with van der Waals surface area (Å²) in [5.74, 6) is 1.82. The first-order valence-electron chi connectivity index (χ1n) is 8.16. The van der Waals surface area contributed by atoms with Crippen LogP contribution >= 0.6 is 34.4 Å². The van der Waals surface area contributed by atoms with Crippen molar-refractivity contribution < 1.29 is 9.21 Å². The Labute approximate surface area is 167 Å². The summed E-state index contributed by atoms with van der Waals surface area (Å²) in [6.45, 7) is 5.87. The summed E-state index contributed by atoms with van der Waals surface area (Å²) < 4.78 is 6.23. The summed E-state index contributed by atoms with van der Waals surface area (Å²) >= 11 is 4.31. The van der Waals surface area contributed by atoms with E-state index in [1.54, 1.807) is 24.1 Å². The molecule has 1 amide bonds. The highest BCUT2D eigenvalue weighted by molar-refractivity contribution is 8.01. The van der Waals surface area contributed by atoms with Crippen molar-refractivity contribution in [2.75, 3.05) is 11.1 Å². The number of nitrogens with zero attached hydrogens (tertiary/aromatic N) is 4. The number of thiophene rings is 1. The van der Waals surface area contributed by atoms with Crippen molar-refractivity contribution in [1.29, 1.82) is 0 Å². The number of aromatic nitrogens is 4. The van der Waals surface area contributed by atoms with Crippen molar-refractivity contribution >= 4 is 55.7 Å². The Bertz CT molecular complexity index is 1120. The maximum atomic E-state index is 12.8. The van der Waals surface area contributed by atoms with Gasteiger partial charge in [0.15, 0.2) is 15.9 Å². The molecule has 0 fully saturated rings. The van der Waals surface area contributed by atoms with Crippen LogP contribution in [-0.4, -0.2) is 31.8 Å². The number of hydrogen-bond acceptors (Lipinski definition) is 9. The van der Waals surface area contributed by atoms with Gasteiger partial charge in [-0.15, -0.1) is 21.5 Å². The Balaban J connectivity index is 1.68. The first kappa shape index (κ1) is 18.1. The van der Waals surface area contributed by atoms with E-state index >= 15 is 0 Å². The summed E-state index contributed by atoms with van der Waals surface area (Å²) in [6, 6.07) is 3.61. The maximum Gasteiger partial charge on any atom is 0.267 e. The first-order chi connectivity index (χ1) is 13.1. The Morgan fingerprint density at radius 2 is 2.11 bits per heavy atom. The number of anilines is 1. The minimum absolute atomic E-state index is 0.210. The predicted octanol–water partition coefficient (Wildman–Crippen LogP) is 4.78. The summed E-state index contributed by atoms with van der Waals surface area (Å²) in [5, 5.41) is 12.3. The molecule has 0 bridgehead atoms. The van der Waals surface area contributed by atoms with Crippen molar-refractivity contribution in [3.8, 4) is 11.6 Å². The number of carbonyl (C=O) groups excluding carboxylic acids is 1. The molecule has 0 aliphatic rings. The third kappa shape index (κ3) is 3.47. The minimum atomic E-state index is -0.210. The smallest absolute Gasteiger partial charge is 0.267 e. The fourth-order valence-electron chi connectivity index (χ4n) is 2.67. The van der Waals surface area contributed by atoms with E-state index in [0.717, 1.165) is 31.6 Å². The van der Waals surface area contributed by atoms with Crippen LogP contribution in [0.15, 0.2) is 27.2 Å². The zero-order valence-corrected chi connectivity index (χ0v) is 17.2. The second kappa shape index (κ2) is 7.37. The van der Waals surface area contributed by atoms with Gasteiger partial charge in [-0.05, 0) is 37.3 Å². The SMILES string of the molecule is CCSc1nnc(NC(=O)c2sc3nc(-c4ccco4)nc(C)c3c2C)s1. The highest BCUT2D eigenvalue weighted by atomic mass is 32.2. The fraction of sp³-hybridized carbons (Fsp3) is 0.235. The van der Waals surface area contributed by atoms with E-state index in [4.69, 9.17) is 4.42 Å². The standard InChI is InChI=1S/C17H15N5O2S3/c1-4-25-17-22-21-16(27-17)20-14(23)12-8(2)11-9(3)18-13(19-15(11)26-12)10-6-5-7-24-10/h5-7H,4H2,1-3H3,(H,20,21,23). The Morgan fingerprint density at radius 3 is 2.85 bits per heavy atom. The van der Waals surface area contributed by atoms with Crippen molar-refractivity contribution in [2.45, 2.75) is 25.1 Å². The predicted molar refractivity (Wildman–Crippen MR) is 109 cm³/mol. The maximum absolute atomic E-state index is 12.8. The van der Waals surface area contributed by atoms with Gasteiger partial charge in [-0.2, -0.15) is 0 Å². The molecule has 10 heteroatoms. The number of furan rings is 1. The molecule has 1 N–H and O–H groups in total. The van der Waals surface area contributed by atoms with Crippen LogP contribution in [-0.2, 0) is 0 Å². The van der Waals surface area contributed by atoms with Crippen LogP contribution in [0.4, 0.5) is 5.13 Å². The number of hydrogen-bond donors (Lipinski definition) is 1. The molecule has 4 aromatic rings. The molecule has 27 heavy (non-hydrogen) atoms. The largest absolute Gasteiger partial charge is 0.461 e. The van der Waals surface area contributed by atoms with Gasteiger partial charge in [0, 0.05) is 5.39 Å². The van der Waals surface area contributed by atoms with Gasteiger partial charge in [-0.3, -0.25) is 10.1 Å². The van der Waals surface area contributed by atoms with E-state index in [-0.39, 0.29) is 5.91 Å². The summed E-state index contributed by atoms with van der Waals surface area (Å²) in [6.07, 6.45) is 1.59. The highest BCUT2D eigenvalue weighted by Gasteiger charge is 2.21. The van der Waals surface area contributed by atoms with Crippen LogP contribution in [0.3, 0.4) is 0 Å². The van der Waals surface area contributed by atoms with E-state index in [2.05, 4.69) is 25.5 Å². The van der Waals surface area contributed by atoms with Crippen molar-refractivity contribution in [2.24, 2.45) is 0 Å². The number of fused-ring (bicyclic) bond motifs is 1. The van der Waals surface area contributed by atoms with Gasteiger partial charge in [0.1, 0.15) is 4.83 Å². The second-order valence-corrected chi connectivity index (χ2v) is 9.09. The topological polar surface area (TPSA) is 93.8 Å².